The van der Waals surface area contributed by atoms with Gasteiger partial charge in [-0.3, -0.25) is 4.79 Å². The molecule has 0 heterocycles. The number of amides is 1. The predicted octanol–water partition coefficient (Wildman–Crippen LogP) is 2.08. The zero-order chi connectivity index (χ0) is 16.0. The van der Waals surface area contributed by atoms with Gasteiger partial charge in [-0.2, -0.15) is 0 Å². The summed E-state index contributed by atoms with van der Waals surface area (Å²) in [7, 11) is 0. The van der Waals surface area contributed by atoms with E-state index in [1.807, 2.05) is 30.3 Å². The average Bonchev–Trinajstić information content (AvgIpc) is 2.43. The molecule has 0 saturated carbocycles. The normalized spacial score (nSPS) is 14.7. The van der Waals surface area contributed by atoms with Gasteiger partial charge in [0.2, 0.25) is 5.91 Å². The second kappa shape index (κ2) is 7.57. The number of hydrogen-bond acceptors (Lipinski definition) is 3. The largest absolute Gasteiger partial charge is 0.368 e. The molecule has 4 heteroatoms. The fourth-order valence-electron chi connectivity index (χ4n) is 2.49. The van der Waals surface area contributed by atoms with E-state index in [-0.39, 0.29) is 0 Å². The zero-order valence-corrected chi connectivity index (χ0v) is 13.7. The number of nitrogens with zero attached hydrogens (tertiary/aromatic N) is 1. The third-order valence-electron chi connectivity index (χ3n) is 3.85. The number of carbonyl (C=O) groups excluding carboxylic acids is 1. The minimum absolute atomic E-state index is 0.417. The molecule has 0 aliphatic rings. The zero-order valence-electron chi connectivity index (χ0n) is 13.7. The second-order valence-corrected chi connectivity index (χ2v) is 6.43. The van der Waals surface area contributed by atoms with Crippen LogP contribution in [0.25, 0.3) is 0 Å². The van der Waals surface area contributed by atoms with Crippen LogP contribution in [-0.2, 0) is 10.3 Å². The van der Waals surface area contributed by atoms with Crippen molar-refractivity contribution in [3.8, 4) is 0 Å². The highest BCUT2D eigenvalue weighted by molar-refractivity contribution is 5.85. The molecular formula is C17H29N3O. The van der Waals surface area contributed by atoms with Crippen molar-refractivity contribution in [2.75, 3.05) is 13.1 Å². The van der Waals surface area contributed by atoms with Crippen LogP contribution in [0.2, 0.25) is 0 Å². The average molecular weight is 291 g/mol. The topological polar surface area (TPSA) is 72.3 Å². The summed E-state index contributed by atoms with van der Waals surface area (Å²) < 4.78 is 0. The molecule has 0 saturated heterocycles. The maximum absolute atomic E-state index is 11.9. The Bertz CT molecular complexity index is 445. The Balaban J connectivity index is 2.86. The Morgan fingerprint density at radius 2 is 1.76 bits per heavy atom. The van der Waals surface area contributed by atoms with Crippen molar-refractivity contribution in [2.24, 2.45) is 17.4 Å². The van der Waals surface area contributed by atoms with Crippen molar-refractivity contribution in [3.05, 3.63) is 35.9 Å². The number of nitrogens with two attached hydrogens (primary N) is 2. The van der Waals surface area contributed by atoms with Crippen LogP contribution in [-0.4, -0.2) is 29.9 Å². The molecule has 0 aromatic heterocycles. The first kappa shape index (κ1) is 17.7. The summed E-state index contributed by atoms with van der Waals surface area (Å²) in [4.78, 5) is 14.3. The van der Waals surface area contributed by atoms with Gasteiger partial charge in [0.25, 0.3) is 0 Å². The van der Waals surface area contributed by atoms with E-state index in [2.05, 4.69) is 32.6 Å². The summed E-state index contributed by atoms with van der Waals surface area (Å²) in [6, 6.07) is 9.83. The lowest BCUT2D eigenvalue weighted by Gasteiger charge is -2.33. The van der Waals surface area contributed by atoms with Gasteiger partial charge in [0.15, 0.2) is 0 Å². The van der Waals surface area contributed by atoms with Crippen LogP contribution in [0.1, 0.15) is 39.7 Å². The van der Waals surface area contributed by atoms with Crippen LogP contribution in [0.5, 0.6) is 0 Å². The molecule has 21 heavy (non-hydrogen) atoms. The van der Waals surface area contributed by atoms with Gasteiger partial charge in [-0.05, 0) is 31.7 Å². The van der Waals surface area contributed by atoms with Crippen molar-refractivity contribution in [1.82, 2.24) is 4.90 Å². The first-order valence-electron chi connectivity index (χ1n) is 7.65. The summed E-state index contributed by atoms with van der Waals surface area (Å²) >= 11 is 0. The molecule has 0 radical (unpaired) electrons. The SMILES string of the molecule is CC(C)CN(CCC(N)(C(N)=O)c1ccccc1)C(C)C. The van der Waals surface area contributed by atoms with Crippen molar-refractivity contribution < 1.29 is 4.79 Å². The summed E-state index contributed by atoms with van der Waals surface area (Å²) in [6.07, 6.45) is 0.525. The fraction of sp³-hybridized carbons (Fsp3) is 0.588. The minimum atomic E-state index is -1.11. The summed E-state index contributed by atoms with van der Waals surface area (Å²) in [5, 5.41) is 0. The number of hydrogen-bond donors (Lipinski definition) is 2. The van der Waals surface area contributed by atoms with Gasteiger partial charge in [-0.25, -0.2) is 0 Å². The molecule has 1 rings (SSSR count). The smallest absolute Gasteiger partial charge is 0.242 e. The van der Waals surface area contributed by atoms with Crippen molar-refractivity contribution >= 4 is 5.91 Å². The highest BCUT2D eigenvalue weighted by Crippen LogP contribution is 2.23. The molecular weight excluding hydrogens is 262 g/mol. The van der Waals surface area contributed by atoms with Crippen LogP contribution < -0.4 is 11.5 Å². The molecule has 118 valence electrons. The molecule has 4 N–H and O–H groups in total. The van der Waals surface area contributed by atoms with E-state index in [0.717, 1.165) is 18.7 Å². The minimum Gasteiger partial charge on any atom is -0.368 e. The van der Waals surface area contributed by atoms with Gasteiger partial charge >= 0.3 is 0 Å². The van der Waals surface area contributed by atoms with Gasteiger partial charge in [-0.1, -0.05) is 44.2 Å². The van der Waals surface area contributed by atoms with Crippen LogP contribution in [0.4, 0.5) is 0 Å². The predicted molar refractivity (Wildman–Crippen MR) is 87.7 cm³/mol. The molecule has 0 spiro atoms. The van der Waals surface area contributed by atoms with Crippen LogP contribution in [0.15, 0.2) is 30.3 Å². The fourth-order valence-corrected chi connectivity index (χ4v) is 2.49. The molecule has 1 aromatic carbocycles. The van der Waals surface area contributed by atoms with Crippen LogP contribution >= 0.6 is 0 Å². The quantitative estimate of drug-likeness (QED) is 0.770. The van der Waals surface area contributed by atoms with E-state index in [9.17, 15) is 4.79 Å². The first-order valence-corrected chi connectivity index (χ1v) is 7.65. The molecule has 1 aromatic rings. The lowest BCUT2D eigenvalue weighted by Crippen LogP contribution is -2.51. The molecule has 4 nitrogen and oxygen atoms in total. The van der Waals surface area contributed by atoms with Gasteiger partial charge in [0, 0.05) is 19.1 Å². The van der Waals surface area contributed by atoms with Gasteiger partial charge < -0.3 is 16.4 Å². The molecule has 1 atom stereocenters. The van der Waals surface area contributed by atoms with E-state index in [1.165, 1.54) is 0 Å². The van der Waals surface area contributed by atoms with E-state index >= 15 is 0 Å². The van der Waals surface area contributed by atoms with E-state index in [1.54, 1.807) is 0 Å². The summed E-state index contributed by atoms with van der Waals surface area (Å²) in [6.45, 7) is 10.4. The van der Waals surface area contributed by atoms with Crippen LogP contribution in [0, 0.1) is 5.92 Å². The van der Waals surface area contributed by atoms with E-state index in [4.69, 9.17) is 11.5 Å². The Hall–Kier alpha value is -1.39. The third kappa shape index (κ3) is 4.83. The molecule has 0 aliphatic carbocycles. The van der Waals surface area contributed by atoms with Crippen molar-refractivity contribution in [3.63, 3.8) is 0 Å². The second-order valence-electron chi connectivity index (χ2n) is 6.43. The standard InChI is InChI=1S/C17H29N3O/c1-13(2)12-20(14(3)4)11-10-17(19,16(18)21)15-8-6-5-7-9-15/h5-9,13-14H,10-12,19H2,1-4H3,(H2,18,21). The van der Waals surface area contributed by atoms with E-state index in [0.29, 0.717) is 18.4 Å². The monoisotopic (exact) mass is 291 g/mol. The Kier molecular flexibility index (Phi) is 6.37. The molecule has 0 bridgehead atoms. The maximum Gasteiger partial charge on any atom is 0.242 e. The van der Waals surface area contributed by atoms with Crippen molar-refractivity contribution in [2.45, 2.75) is 45.7 Å². The lowest BCUT2D eigenvalue weighted by molar-refractivity contribution is -0.123. The van der Waals surface area contributed by atoms with Crippen molar-refractivity contribution in [1.29, 1.82) is 0 Å². The Labute approximate surface area is 128 Å². The van der Waals surface area contributed by atoms with Gasteiger partial charge in [-0.15, -0.1) is 0 Å². The number of primary amides is 1. The lowest BCUT2D eigenvalue weighted by atomic mass is 9.86. The highest BCUT2D eigenvalue weighted by atomic mass is 16.1. The number of carbonyl (C=O) groups is 1. The summed E-state index contributed by atoms with van der Waals surface area (Å²) in [5.41, 5.74) is 11.6. The number of rotatable bonds is 8. The number of benzene rings is 1. The van der Waals surface area contributed by atoms with Crippen LogP contribution in [0.3, 0.4) is 0 Å². The molecule has 1 unspecified atom stereocenters. The van der Waals surface area contributed by atoms with Gasteiger partial charge in [0.05, 0.1) is 0 Å². The third-order valence-corrected chi connectivity index (χ3v) is 3.85. The molecule has 0 aliphatic heterocycles. The Morgan fingerprint density at radius 1 is 1.19 bits per heavy atom. The summed E-state index contributed by atoms with van der Waals surface area (Å²) in [5.74, 6) is 0.104. The van der Waals surface area contributed by atoms with E-state index < -0.39 is 11.4 Å². The first-order chi connectivity index (χ1) is 9.77. The molecule has 0 fully saturated rings. The van der Waals surface area contributed by atoms with Gasteiger partial charge in [0.1, 0.15) is 5.54 Å². The highest BCUT2D eigenvalue weighted by Gasteiger charge is 2.34. The molecule has 1 amide bonds. The maximum atomic E-state index is 11.9. The Morgan fingerprint density at radius 3 is 2.19 bits per heavy atom.